The molecule has 0 fully saturated rings. The van der Waals surface area contributed by atoms with E-state index in [0.717, 1.165) is 11.1 Å². The molecule has 1 aromatic heterocycles. The predicted octanol–water partition coefficient (Wildman–Crippen LogP) is 2.95. The molecule has 0 saturated carbocycles. The molecule has 0 amide bonds. The van der Waals surface area contributed by atoms with Crippen LogP contribution in [-0.2, 0) is 6.42 Å². The summed E-state index contributed by atoms with van der Waals surface area (Å²) in [6.45, 7) is 5.67. The van der Waals surface area contributed by atoms with Crippen LogP contribution < -0.4 is 0 Å². The smallest absolute Gasteiger partial charge is 0.237 e. The Morgan fingerprint density at radius 2 is 1.86 bits per heavy atom. The van der Waals surface area contributed by atoms with Crippen molar-refractivity contribution >= 4 is 17.1 Å². The van der Waals surface area contributed by atoms with Gasteiger partial charge in [-0.2, -0.15) is 0 Å². The van der Waals surface area contributed by atoms with Crippen LogP contribution >= 0.6 is 0 Å². The molecular formula is C18H14O4. The van der Waals surface area contributed by atoms with Crippen molar-refractivity contribution in [2.75, 3.05) is 0 Å². The van der Waals surface area contributed by atoms with E-state index in [1.54, 1.807) is 13.0 Å². The number of aliphatic hydroxyl groups excluding tert-OH is 1. The van der Waals surface area contributed by atoms with Crippen LogP contribution in [0, 0.1) is 6.92 Å². The summed E-state index contributed by atoms with van der Waals surface area (Å²) < 4.78 is 5.53. The molecule has 1 N–H and O–H groups in total. The Bertz CT molecular complexity index is 869. The summed E-state index contributed by atoms with van der Waals surface area (Å²) in [5, 5.41) is 9.94. The monoisotopic (exact) mass is 294 g/mol. The van der Waals surface area contributed by atoms with Gasteiger partial charge in [0.1, 0.15) is 5.76 Å². The van der Waals surface area contributed by atoms with Gasteiger partial charge in [0, 0.05) is 11.1 Å². The zero-order chi connectivity index (χ0) is 15.6. The third kappa shape index (κ3) is 1.50. The lowest BCUT2D eigenvalue weighted by molar-refractivity contribution is 0.0813. The maximum Gasteiger partial charge on any atom is 0.237 e. The summed E-state index contributed by atoms with van der Waals surface area (Å²) in [6.07, 6.45) is 1.97. The SMILES string of the molecule is C=C1c2ccc3c(c2CC[C@H]1O)C(=O)C(=O)c1c(C)coc1-3. The molecule has 1 aromatic carbocycles. The number of ketones is 2. The summed E-state index contributed by atoms with van der Waals surface area (Å²) in [6, 6.07) is 3.63. The van der Waals surface area contributed by atoms with Gasteiger partial charge in [-0.3, -0.25) is 9.59 Å². The van der Waals surface area contributed by atoms with Gasteiger partial charge < -0.3 is 9.52 Å². The first-order valence-electron chi connectivity index (χ1n) is 7.21. The van der Waals surface area contributed by atoms with E-state index in [-0.39, 0.29) is 0 Å². The first-order valence-corrected chi connectivity index (χ1v) is 7.21. The number of Topliss-reactive ketones (excluding diaryl/α,β-unsaturated/α-hetero) is 2. The molecule has 4 rings (SSSR count). The fourth-order valence-corrected chi connectivity index (χ4v) is 3.44. The topological polar surface area (TPSA) is 67.5 Å². The van der Waals surface area contributed by atoms with Gasteiger partial charge in [-0.25, -0.2) is 0 Å². The second-order valence-corrected chi connectivity index (χ2v) is 5.88. The average Bonchev–Trinajstić information content (AvgIpc) is 2.90. The van der Waals surface area contributed by atoms with Gasteiger partial charge in [0.2, 0.25) is 11.6 Å². The minimum atomic E-state index is -0.596. The number of aliphatic hydroxyl groups is 1. The number of rotatable bonds is 0. The number of carbonyl (C=O) groups excluding carboxylic acids is 2. The average molecular weight is 294 g/mol. The van der Waals surface area contributed by atoms with Crippen molar-refractivity contribution in [1.29, 1.82) is 0 Å². The van der Waals surface area contributed by atoms with Crippen molar-refractivity contribution in [2.24, 2.45) is 0 Å². The Morgan fingerprint density at radius 1 is 1.18 bits per heavy atom. The molecule has 1 heterocycles. The zero-order valence-corrected chi connectivity index (χ0v) is 12.1. The van der Waals surface area contributed by atoms with Crippen LogP contribution in [0.2, 0.25) is 0 Å². The van der Waals surface area contributed by atoms with Crippen molar-refractivity contribution < 1.29 is 19.1 Å². The Hall–Kier alpha value is -2.46. The van der Waals surface area contributed by atoms with Crippen molar-refractivity contribution in [3.8, 4) is 11.3 Å². The summed E-state index contributed by atoms with van der Waals surface area (Å²) in [5.41, 5.74) is 4.29. The molecule has 2 aliphatic rings. The van der Waals surface area contributed by atoms with E-state index in [0.29, 0.717) is 46.4 Å². The van der Waals surface area contributed by atoms with Crippen molar-refractivity contribution in [1.82, 2.24) is 0 Å². The highest BCUT2D eigenvalue weighted by molar-refractivity contribution is 6.53. The quantitative estimate of drug-likeness (QED) is 0.759. The largest absolute Gasteiger partial charge is 0.463 e. The number of hydrogen-bond donors (Lipinski definition) is 1. The standard InChI is InChI=1S/C18H14O4/c1-8-7-22-18-12-4-3-10-9(2)13(19)6-5-11(10)15(12)17(21)16(20)14(8)18/h3-4,7,13,19H,2,5-6H2,1H3/t13-/m1/s1. The maximum atomic E-state index is 12.6. The molecule has 0 spiro atoms. The first-order chi connectivity index (χ1) is 10.5. The van der Waals surface area contributed by atoms with Crippen LogP contribution in [0.1, 0.15) is 43.8 Å². The summed E-state index contributed by atoms with van der Waals surface area (Å²) in [5.74, 6) is -0.538. The molecule has 0 saturated heterocycles. The minimum Gasteiger partial charge on any atom is -0.463 e. The highest BCUT2D eigenvalue weighted by Gasteiger charge is 2.38. The van der Waals surface area contributed by atoms with Crippen molar-refractivity contribution in [2.45, 2.75) is 25.9 Å². The number of fused-ring (bicyclic) bond motifs is 5. The highest BCUT2D eigenvalue weighted by atomic mass is 16.3. The van der Waals surface area contributed by atoms with Crippen LogP contribution in [0.3, 0.4) is 0 Å². The second kappa shape index (κ2) is 4.27. The van der Waals surface area contributed by atoms with Gasteiger partial charge in [-0.05, 0) is 48.1 Å². The summed E-state index contributed by atoms with van der Waals surface area (Å²) in [7, 11) is 0. The normalized spacial score (nSPS) is 19.7. The number of benzene rings is 1. The molecule has 2 aromatic rings. The van der Waals surface area contributed by atoms with Crippen LogP contribution in [-0.4, -0.2) is 22.8 Å². The second-order valence-electron chi connectivity index (χ2n) is 5.88. The van der Waals surface area contributed by atoms with Gasteiger partial charge in [-0.15, -0.1) is 0 Å². The van der Waals surface area contributed by atoms with Crippen LogP contribution in [0.15, 0.2) is 29.4 Å². The fourth-order valence-electron chi connectivity index (χ4n) is 3.44. The molecule has 0 bridgehead atoms. The Morgan fingerprint density at radius 3 is 2.64 bits per heavy atom. The van der Waals surface area contributed by atoms with Crippen LogP contribution in [0.5, 0.6) is 0 Å². The highest BCUT2D eigenvalue weighted by Crippen LogP contribution is 2.42. The van der Waals surface area contributed by atoms with E-state index in [1.807, 2.05) is 6.07 Å². The third-order valence-corrected chi connectivity index (χ3v) is 4.61. The van der Waals surface area contributed by atoms with Crippen molar-refractivity contribution in [3.05, 3.63) is 52.8 Å². The van der Waals surface area contributed by atoms with E-state index >= 15 is 0 Å². The Balaban J connectivity index is 2.05. The van der Waals surface area contributed by atoms with E-state index in [2.05, 4.69) is 6.58 Å². The number of aryl methyl sites for hydroxylation is 1. The van der Waals surface area contributed by atoms with Crippen LogP contribution in [0.4, 0.5) is 0 Å². The molecule has 1 atom stereocenters. The number of furan rings is 1. The van der Waals surface area contributed by atoms with Gasteiger partial charge in [0.05, 0.1) is 17.9 Å². The first kappa shape index (κ1) is 13.2. The Labute approximate surface area is 127 Å². The van der Waals surface area contributed by atoms with E-state index in [4.69, 9.17) is 4.42 Å². The predicted molar refractivity (Wildman–Crippen MR) is 80.9 cm³/mol. The molecule has 0 unspecified atom stereocenters. The maximum absolute atomic E-state index is 12.6. The summed E-state index contributed by atoms with van der Waals surface area (Å²) >= 11 is 0. The molecule has 4 nitrogen and oxygen atoms in total. The molecule has 0 aliphatic heterocycles. The lowest BCUT2D eigenvalue weighted by atomic mass is 9.77. The van der Waals surface area contributed by atoms with Gasteiger partial charge in [0.15, 0.2) is 0 Å². The molecule has 0 radical (unpaired) electrons. The molecule has 2 aliphatic carbocycles. The van der Waals surface area contributed by atoms with Gasteiger partial charge in [-0.1, -0.05) is 12.6 Å². The summed E-state index contributed by atoms with van der Waals surface area (Å²) in [4.78, 5) is 25.0. The fraction of sp³-hybridized carbons (Fsp3) is 0.222. The number of hydrogen-bond acceptors (Lipinski definition) is 4. The van der Waals surface area contributed by atoms with E-state index in [9.17, 15) is 14.7 Å². The molecule has 4 heteroatoms. The lowest BCUT2D eigenvalue weighted by Crippen LogP contribution is -2.26. The third-order valence-electron chi connectivity index (χ3n) is 4.61. The van der Waals surface area contributed by atoms with Gasteiger partial charge in [0.25, 0.3) is 0 Å². The Kier molecular flexibility index (Phi) is 2.57. The molecule has 22 heavy (non-hydrogen) atoms. The van der Waals surface area contributed by atoms with Gasteiger partial charge >= 0.3 is 0 Å². The van der Waals surface area contributed by atoms with E-state index < -0.39 is 17.7 Å². The lowest BCUT2D eigenvalue weighted by Gasteiger charge is -2.27. The molecule has 110 valence electrons. The van der Waals surface area contributed by atoms with Crippen LogP contribution in [0.25, 0.3) is 16.9 Å². The minimum absolute atomic E-state index is 0.368. The number of carbonyl (C=O) groups is 2. The van der Waals surface area contributed by atoms with E-state index in [1.165, 1.54) is 6.26 Å². The van der Waals surface area contributed by atoms with Crippen molar-refractivity contribution in [3.63, 3.8) is 0 Å². The molecular weight excluding hydrogens is 280 g/mol. The zero-order valence-electron chi connectivity index (χ0n) is 12.1.